The molecule has 0 radical (unpaired) electrons. The van der Waals surface area contributed by atoms with Crippen LogP contribution in [0.25, 0.3) is 0 Å². The third-order valence-electron chi connectivity index (χ3n) is 8.01. The first-order chi connectivity index (χ1) is 22.8. The second-order valence-electron chi connectivity index (χ2n) is 11.2. The highest BCUT2D eigenvalue weighted by molar-refractivity contribution is 6.09. The van der Waals surface area contributed by atoms with Gasteiger partial charge in [0.25, 0.3) is 23.6 Å². The molecule has 48 heavy (non-hydrogen) atoms. The predicted molar refractivity (Wildman–Crippen MR) is 159 cm³/mol. The first-order valence-electron chi connectivity index (χ1n) is 14.5. The van der Waals surface area contributed by atoms with E-state index < -0.39 is 52.8 Å². The number of nitrogens with zero attached hydrogens (tertiary/aromatic N) is 1. The average Bonchev–Trinajstić information content (AvgIpc) is 3.57. The quantitative estimate of drug-likeness (QED) is 0.188. The largest absolute Gasteiger partial charge is 0.416 e. The van der Waals surface area contributed by atoms with Crippen LogP contribution in [0.1, 0.15) is 76.5 Å². The van der Waals surface area contributed by atoms with Crippen LogP contribution in [-0.4, -0.2) is 52.9 Å². The van der Waals surface area contributed by atoms with E-state index in [1.54, 1.807) is 18.2 Å². The average molecular weight is 662 g/mol. The minimum atomic E-state index is -4.89. The van der Waals surface area contributed by atoms with Gasteiger partial charge in [0.15, 0.2) is 0 Å². The van der Waals surface area contributed by atoms with E-state index in [0.29, 0.717) is 34.4 Å². The van der Waals surface area contributed by atoms with Gasteiger partial charge in [-0.15, -0.1) is 0 Å². The Balaban J connectivity index is 1.14. The number of fused-ring (bicyclic) bond motifs is 2. The van der Waals surface area contributed by atoms with E-state index in [2.05, 4.69) is 33.1 Å². The number of hydrogen-bond acceptors (Lipinski definition) is 6. The standard InChI is InChI=1S/C33H23F4N5O6/c34-21-10-17(9-20(13-21)33(35,36)37)29(45)40-25-12-18(11-23-24(25)14-39-30(23)46)28(44)38-7-1-2-16-3-4-22-19(8-16)15-42(32(22)48)26-5-6-27(43)41-31(26)47/h3-4,8-13,26H,5-7,14-15H2,(H,38,44)(H,39,46)(H,40,45)(H,41,43,47). The molecule has 0 aliphatic carbocycles. The van der Waals surface area contributed by atoms with E-state index in [1.165, 1.54) is 17.0 Å². The summed E-state index contributed by atoms with van der Waals surface area (Å²) < 4.78 is 53.4. The van der Waals surface area contributed by atoms with Crippen LogP contribution in [0.2, 0.25) is 0 Å². The van der Waals surface area contributed by atoms with Gasteiger partial charge in [0.2, 0.25) is 11.8 Å². The molecular formula is C33H23F4N5O6. The van der Waals surface area contributed by atoms with Crippen LogP contribution < -0.4 is 21.3 Å². The number of carbonyl (C=O) groups is 6. The van der Waals surface area contributed by atoms with Crippen molar-refractivity contribution in [1.82, 2.24) is 20.9 Å². The Hall–Kier alpha value is -6.04. The summed E-state index contributed by atoms with van der Waals surface area (Å²) in [5.41, 5.74) is -0.0798. The number of piperidine rings is 1. The number of alkyl halides is 3. The van der Waals surface area contributed by atoms with Gasteiger partial charge in [0.1, 0.15) is 11.9 Å². The summed E-state index contributed by atoms with van der Waals surface area (Å²) in [6, 6.07) is 8.07. The summed E-state index contributed by atoms with van der Waals surface area (Å²) in [6.07, 6.45) is -4.53. The molecule has 3 heterocycles. The second-order valence-corrected chi connectivity index (χ2v) is 11.2. The molecule has 1 fully saturated rings. The molecule has 3 aliphatic heterocycles. The van der Waals surface area contributed by atoms with Gasteiger partial charge >= 0.3 is 6.18 Å². The van der Waals surface area contributed by atoms with Crippen LogP contribution in [0.4, 0.5) is 23.2 Å². The zero-order valence-corrected chi connectivity index (χ0v) is 24.6. The normalized spacial score (nSPS) is 16.8. The van der Waals surface area contributed by atoms with Gasteiger partial charge in [0, 0.05) is 58.6 Å². The Bertz CT molecular complexity index is 2020. The summed E-state index contributed by atoms with van der Waals surface area (Å²) in [7, 11) is 0. The summed E-state index contributed by atoms with van der Waals surface area (Å²) in [6.45, 7) is -0.00230. The molecular weight excluding hydrogens is 638 g/mol. The first-order valence-corrected chi connectivity index (χ1v) is 14.5. The van der Waals surface area contributed by atoms with E-state index >= 15 is 0 Å². The van der Waals surface area contributed by atoms with Gasteiger partial charge in [-0.2, -0.15) is 13.2 Å². The minimum absolute atomic E-state index is 0.0221. The van der Waals surface area contributed by atoms with Crippen LogP contribution in [0.5, 0.6) is 0 Å². The Morgan fingerprint density at radius 1 is 0.958 bits per heavy atom. The molecule has 244 valence electrons. The fourth-order valence-electron chi connectivity index (χ4n) is 5.68. The van der Waals surface area contributed by atoms with Crippen molar-refractivity contribution in [2.24, 2.45) is 0 Å². The highest BCUT2D eigenvalue weighted by atomic mass is 19.4. The number of imide groups is 1. The molecule has 3 aromatic rings. The summed E-state index contributed by atoms with van der Waals surface area (Å²) in [4.78, 5) is 76.3. The maximum absolute atomic E-state index is 13.9. The van der Waals surface area contributed by atoms with Crippen LogP contribution in [0, 0.1) is 17.7 Å². The van der Waals surface area contributed by atoms with Crippen molar-refractivity contribution in [2.75, 3.05) is 11.9 Å². The molecule has 3 aromatic carbocycles. The molecule has 0 spiro atoms. The van der Waals surface area contributed by atoms with E-state index in [0.717, 1.165) is 0 Å². The van der Waals surface area contributed by atoms with Crippen LogP contribution in [-0.2, 0) is 28.9 Å². The van der Waals surface area contributed by atoms with Gasteiger partial charge in [-0.05, 0) is 60.5 Å². The van der Waals surface area contributed by atoms with Crippen molar-refractivity contribution >= 4 is 41.1 Å². The van der Waals surface area contributed by atoms with Gasteiger partial charge < -0.3 is 20.9 Å². The van der Waals surface area contributed by atoms with Crippen molar-refractivity contribution in [2.45, 2.75) is 38.1 Å². The number of carbonyl (C=O) groups excluding carboxylic acids is 6. The maximum Gasteiger partial charge on any atom is 0.416 e. The lowest BCUT2D eigenvalue weighted by atomic mass is 10.0. The van der Waals surface area contributed by atoms with Crippen molar-refractivity contribution in [3.8, 4) is 11.8 Å². The molecule has 3 aliphatic rings. The Kier molecular flexibility index (Phi) is 8.17. The zero-order valence-electron chi connectivity index (χ0n) is 24.6. The molecule has 11 nitrogen and oxygen atoms in total. The molecule has 1 saturated heterocycles. The zero-order chi connectivity index (χ0) is 34.3. The highest BCUT2D eigenvalue weighted by Gasteiger charge is 2.39. The first kappa shape index (κ1) is 31.9. The second kappa shape index (κ2) is 12.3. The number of rotatable bonds is 5. The molecule has 0 saturated carbocycles. The highest BCUT2D eigenvalue weighted by Crippen LogP contribution is 2.32. The lowest BCUT2D eigenvalue weighted by Crippen LogP contribution is -2.52. The van der Waals surface area contributed by atoms with Crippen LogP contribution in [0.3, 0.4) is 0 Å². The molecule has 6 amide bonds. The van der Waals surface area contributed by atoms with Crippen LogP contribution >= 0.6 is 0 Å². The van der Waals surface area contributed by atoms with Gasteiger partial charge in [-0.1, -0.05) is 11.8 Å². The van der Waals surface area contributed by atoms with Crippen molar-refractivity contribution < 1.29 is 46.3 Å². The predicted octanol–water partition coefficient (Wildman–Crippen LogP) is 2.88. The smallest absolute Gasteiger partial charge is 0.348 e. The third-order valence-corrected chi connectivity index (χ3v) is 8.01. The number of amides is 6. The number of halogens is 4. The molecule has 1 atom stereocenters. The SMILES string of the molecule is O=C1CCC(N2Cc3cc(C#CCNC(=O)c4cc(NC(=O)c5cc(F)cc(C(F)(F)F)c5)c5c(c4)C(=O)NC5)ccc3C2=O)C(=O)N1. The fraction of sp³-hybridized carbons (Fsp3) is 0.212. The van der Waals surface area contributed by atoms with Crippen molar-refractivity contribution in [3.05, 3.63) is 98.9 Å². The number of hydrogen-bond donors (Lipinski definition) is 4. The molecule has 4 N–H and O–H groups in total. The summed E-state index contributed by atoms with van der Waals surface area (Å²) >= 11 is 0. The number of benzene rings is 3. The minimum Gasteiger partial charge on any atom is -0.348 e. The van der Waals surface area contributed by atoms with E-state index in [9.17, 15) is 46.3 Å². The van der Waals surface area contributed by atoms with E-state index in [4.69, 9.17) is 0 Å². The lowest BCUT2D eigenvalue weighted by Gasteiger charge is -2.29. The monoisotopic (exact) mass is 661 g/mol. The van der Waals surface area contributed by atoms with Gasteiger partial charge in [0.05, 0.1) is 12.1 Å². The summed E-state index contributed by atoms with van der Waals surface area (Å²) in [5.74, 6) is 0.871. The third kappa shape index (κ3) is 6.32. The van der Waals surface area contributed by atoms with E-state index in [-0.39, 0.29) is 67.2 Å². The van der Waals surface area contributed by atoms with E-state index in [1.807, 2.05) is 0 Å². The van der Waals surface area contributed by atoms with Gasteiger partial charge in [-0.3, -0.25) is 34.1 Å². The van der Waals surface area contributed by atoms with Gasteiger partial charge in [-0.25, -0.2) is 4.39 Å². The number of nitrogens with one attached hydrogen (secondary N) is 4. The summed E-state index contributed by atoms with van der Waals surface area (Å²) in [5, 5.41) is 9.75. The van der Waals surface area contributed by atoms with Crippen molar-refractivity contribution in [1.29, 1.82) is 0 Å². The molecule has 1 unspecified atom stereocenters. The topological polar surface area (TPSA) is 154 Å². The van der Waals surface area contributed by atoms with Crippen LogP contribution in [0.15, 0.2) is 48.5 Å². The van der Waals surface area contributed by atoms with Crippen molar-refractivity contribution in [3.63, 3.8) is 0 Å². The maximum atomic E-state index is 13.9. The Morgan fingerprint density at radius 3 is 2.48 bits per heavy atom. The number of anilines is 1. The fourth-order valence-corrected chi connectivity index (χ4v) is 5.68. The molecule has 6 rings (SSSR count). The Labute approximate surface area is 269 Å². The Morgan fingerprint density at radius 2 is 1.73 bits per heavy atom. The molecule has 0 bridgehead atoms. The molecule has 0 aromatic heterocycles. The molecule has 15 heteroatoms. The lowest BCUT2D eigenvalue weighted by molar-refractivity contribution is -0.138.